The van der Waals surface area contributed by atoms with Crippen LogP contribution in [0.1, 0.15) is 0 Å². The number of aromatic nitrogens is 1. The van der Waals surface area contributed by atoms with E-state index >= 15 is 0 Å². The van der Waals surface area contributed by atoms with E-state index in [1.54, 1.807) is 6.20 Å². The fourth-order valence-electron chi connectivity index (χ4n) is 4.53. The summed E-state index contributed by atoms with van der Waals surface area (Å²) in [5.74, 6) is 0.522. The number of nitrogens with zero attached hydrogens (tertiary/aromatic N) is 5. The summed E-state index contributed by atoms with van der Waals surface area (Å²) < 4.78 is 5.89. The Hall–Kier alpha value is -2.79. The topological polar surface area (TPSA) is 115 Å². The van der Waals surface area contributed by atoms with Gasteiger partial charge in [0, 0.05) is 70.5 Å². The molecular weight excluding hydrogens is 436 g/mol. The second-order valence-electron chi connectivity index (χ2n) is 8.99. The van der Waals surface area contributed by atoms with Gasteiger partial charge < -0.3 is 20.5 Å². The number of ether oxygens (including phenoxy) is 1. The molecule has 4 rings (SSSR count). The molecule has 1 unspecified atom stereocenters. The van der Waals surface area contributed by atoms with Crippen molar-refractivity contribution < 1.29 is 19.4 Å². The first kappa shape index (κ1) is 24.3. The van der Waals surface area contributed by atoms with Crippen LogP contribution in [0.3, 0.4) is 0 Å². The zero-order valence-electron chi connectivity index (χ0n) is 19.5. The van der Waals surface area contributed by atoms with Gasteiger partial charge in [0.1, 0.15) is 18.5 Å². The fourth-order valence-corrected chi connectivity index (χ4v) is 4.53. The number of hydrogen-bond acceptors (Lipinski definition) is 8. The van der Waals surface area contributed by atoms with E-state index in [9.17, 15) is 14.7 Å². The van der Waals surface area contributed by atoms with E-state index in [1.165, 1.54) is 0 Å². The van der Waals surface area contributed by atoms with Crippen LogP contribution in [-0.4, -0.2) is 126 Å². The molecule has 184 valence electrons. The molecule has 3 heterocycles. The molecule has 2 amide bonds. The van der Waals surface area contributed by atoms with E-state index in [2.05, 4.69) is 14.8 Å². The Bertz CT molecular complexity index is 968. The van der Waals surface area contributed by atoms with E-state index < -0.39 is 6.10 Å². The number of carbonyl (C=O) groups is 2. The fraction of sp³-hybridized carbons (Fsp3) is 0.542. The van der Waals surface area contributed by atoms with Crippen molar-refractivity contribution >= 4 is 22.7 Å². The Morgan fingerprint density at radius 2 is 1.62 bits per heavy atom. The van der Waals surface area contributed by atoms with E-state index in [1.807, 2.05) is 40.1 Å². The van der Waals surface area contributed by atoms with Crippen molar-refractivity contribution in [2.45, 2.75) is 6.10 Å². The maximum atomic E-state index is 12.7. The van der Waals surface area contributed by atoms with Gasteiger partial charge in [-0.2, -0.15) is 0 Å². The highest BCUT2D eigenvalue weighted by Gasteiger charge is 2.25. The van der Waals surface area contributed by atoms with Crippen LogP contribution in [0.5, 0.6) is 5.75 Å². The molecule has 2 saturated heterocycles. The number of β-amino-alcohol motifs (C(OH)–C–C–N with tert-alkyl or cyclic N) is 1. The van der Waals surface area contributed by atoms with Crippen molar-refractivity contribution in [2.24, 2.45) is 5.73 Å². The third kappa shape index (κ3) is 6.63. The normalized spacial score (nSPS) is 19.3. The predicted octanol–water partition coefficient (Wildman–Crippen LogP) is -0.778. The molecule has 0 radical (unpaired) electrons. The average Bonchev–Trinajstić information content (AvgIpc) is 2.84. The minimum atomic E-state index is -0.600. The molecule has 10 heteroatoms. The van der Waals surface area contributed by atoms with Gasteiger partial charge in [-0.3, -0.25) is 29.3 Å². The molecule has 0 spiro atoms. The second kappa shape index (κ2) is 11.6. The van der Waals surface area contributed by atoms with Gasteiger partial charge in [0.2, 0.25) is 11.8 Å². The van der Waals surface area contributed by atoms with E-state index in [0.717, 1.165) is 42.8 Å². The molecular formula is C24H34N6O4. The molecule has 10 nitrogen and oxygen atoms in total. The first-order valence-electron chi connectivity index (χ1n) is 11.9. The van der Waals surface area contributed by atoms with Crippen molar-refractivity contribution in [2.75, 3.05) is 78.6 Å². The number of nitrogens with two attached hydrogens (primary N) is 1. The van der Waals surface area contributed by atoms with Gasteiger partial charge in [-0.25, -0.2) is 0 Å². The van der Waals surface area contributed by atoms with Gasteiger partial charge in [0.15, 0.2) is 0 Å². The summed E-state index contributed by atoms with van der Waals surface area (Å²) in [5.41, 5.74) is 6.12. The van der Waals surface area contributed by atoms with Crippen LogP contribution < -0.4 is 10.5 Å². The Balaban J connectivity index is 1.15. The average molecular weight is 471 g/mol. The molecule has 2 aliphatic rings. The number of piperazine rings is 2. The van der Waals surface area contributed by atoms with Gasteiger partial charge in [0.05, 0.1) is 18.6 Å². The summed E-state index contributed by atoms with van der Waals surface area (Å²) in [7, 11) is 0. The smallest absolute Gasteiger partial charge is 0.236 e. The SMILES string of the molecule is NC(=O)CN1CCN(C(=O)CN2CCN(CC(O)COc3cccc4ncccc34)CC2)CC1. The summed E-state index contributed by atoms with van der Waals surface area (Å²) in [5, 5.41) is 11.4. The zero-order valence-corrected chi connectivity index (χ0v) is 19.5. The van der Waals surface area contributed by atoms with Crippen LogP contribution in [0.15, 0.2) is 36.5 Å². The number of rotatable bonds is 9. The maximum absolute atomic E-state index is 12.7. The number of hydrogen-bond donors (Lipinski definition) is 2. The molecule has 3 N–H and O–H groups in total. The van der Waals surface area contributed by atoms with E-state index in [4.69, 9.17) is 10.5 Å². The minimum Gasteiger partial charge on any atom is -0.490 e. The lowest BCUT2D eigenvalue weighted by molar-refractivity contribution is -0.134. The molecule has 1 aromatic carbocycles. The highest BCUT2D eigenvalue weighted by Crippen LogP contribution is 2.23. The Labute approximate surface area is 199 Å². The number of fused-ring (bicyclic) bond motifs is 1. The number of aliphatic hydroxyl groups excluding tert-OH is 1. The zero-order chi connectivity index (χ0) is 23.9. The molecule has 34 heavy (non-hydrogen) atoms. The lowest BCUT2D eigenvalue weighted by Gasteiger charge is -2.38. The van der Waals surface area contributed by atoms with Gasteiger partial charge >= 0.3 is 0 Å². The highest BCUT2D eigenvalue weighted by atomic mass is 16.5. The third-order valence-electron chi connectivity index (χ3n) is 6.43. The van der Waals surface area contributed by atoms with Crippen LogP contribution in [0.2, 0.25) is 0 Å². The number of benzene rings is 1. The minimum absolute atomic E-state index is 0.130. The van der Waals surface area contributed by atoms with Crippen LogP contribution in [0.4, 0.5) is 0 Å². The van der Waals surface area contributed by atoms with Crippen LogP contribution >= 0.6 is 0 Å². The van der Waals surface area contributed by atoms with Crippen molar-refractivity contribution in [3.05, 3.63) is 36.5 Å². The van der Waals surface area contributed by atoms with Gasteiger partial charge in [-0.05, 0) is 24.3 Å². The first-order valence-corrected chi connectivity index (χ1v) is 11.9. The Kier molecular flexibility index (Phi) is 8.28. The number of pyridine rings is 1. The van der Waals surface area contributed by atoms with Crippen LogP contribution in [-0.2, 0) is 9.59 Å². The highest BCUT2D eigenvalue weighted by molar-refractivity contribution is 5.84. The largest absolute Gasteiger partial charge is 0.490 e. The van der Waals surface area contributed by atoms with Crippen LogP contribution in [0.25, 0.3) is 10.9 Å². The van der Waals surface area contributed by atoms with Gasteiger partial charge in [0.25, 0.3) is 0 Å². The monoisotopic (exact) mass is 470 g/mol. The summed E-state index contributed by atoms with van der Waals surface area (Å²) >= 11 is 0. The van der Waals surface area contributed by atoms with Crippen molar-refractivity contribution in [3.8, 4) is 5.75 Å². The first-order chi connectivity index (χ1) is 16.5. The molecule has 2 aromatic rings. The van der Waals surface area contributed by atoms with Crippen molar-refractivity contribution in [1.29, 1.82) is 0 Å². The van der Waals surface area contributed by atoms with E-state index in [-0.39, 0.29) is 25.0 Å². The number of amides is 2. The van der Waals surface area contributed by atoms with Gasteiger partial charge in [-0.1, -0.05) is 6.07 Å². The van der Waals surface area contributed by atoms with Crippen LogP contribution in [0, 0.1) is 0 Å². The molecule has 0 bridgehead atoms. The Morgan fingerprint density at radius 1 is 0.941 bits per heavy atom. The third-order valence-corrected chi connectivity index (χ3v) is 6.43. The summed E-state index contributed by atoms with van der Waals surface area (Å²) in [6, 6.07) is 9.57. The second-order valence-corrected chi connectivity index (χ2v) is 8.99. The molecule has 1 aromatic heterocycles. The lowest BCUT2D eigenvalue weighted by atomic mass is 10.2. The van der Waals surface area contributed by atoms with Gasteiger partial charge in [-0.15, -0.1) is 0 Å². The predicted molar refractivity (Wildman–Crippen MR) is 128 cm³/mol. The maximum Gasteiger partial charge on any atom is 0.236 e. The molecule has 2 aliphatic heterocycles. The van der Waals surface area contributed by atoms with E-state index in [0.29, 0.717) is 39.3 Å². The summed E-state index contributed by atoms with van der Waals surface area (Å²) in [6.07, 6.45) is 1.15. The Morgan fingerprint density at radius 3 is 2.35 bits per heavy atom. The quantitative estimate of drug-likeness (QED) is 0.491. The summed E-state index contributed by atoms with van der Waals surface area (Å²) in [6.45, 7) is 7.20. The number of aliphatic hydroxyl groups is 1. The van der Waals surface area contributed by atoms with Crippen molar-refractivity contribution in [3.63, 3.8) is 0 Å². The standard InChI is InChI=1S/C24H34N6O4/c25-23(32)16-28-11-13-30(14-12-28)24(33)17-29-9-7-27(8-10-29)15-19(31)18-34-22-5-1-4-21-20(22)3-2-6-26-21/h1-6,19,31H,7-18H2,(H2,25,32). The van der Waals surface area contributed by atoms with Crippen molar-refractivity contribution in [1.82, 2.24) is 24.6 Å². The summed E-state index contributed by atoms with van der Waals surface area (Å²) in [4.78, 5) is 36.3. The lowest BCUT2D eigenvalue weighted by Crippen LogP contribution is -2.55. The molecule has 1 atom stereocenters. The molecule has 2 fully saturated rings. The molecule has 0 aliphatic carbocycles. The molecule has 0 saturated carbocycles. The number of carbonyl (C=O) groups excluding carboxylic acids is 2. The number of primary amides is 1.